The summed E-state index contributed by atoms with van der Waals surface area (Å²) in [5, 5.41) is 3.64. The van der Waals surface area contributed by atoms with Crippen LogP contribution in [0.1, 0.15) is 37.4 Å². The van der Waals surface area contributed by atoms with E-state index in [0.717, 1.165) is 72.7 Å². The maximum atomic E-state index is 12.7. The summed E-state index contributed by atoms with van der Waals surface area (Å²) in [7, 11) is 0. The Hall–Kier alpha value is -3.23. The van der Waals surface area contributed by atoms with E-state index in [2.05, 4.69) is 45.3 Å². The molecule has 0 saturated carbocycles. The molecule has 8 heteroatoms. The molecule has 5 heterocycles. The van der Waals surface area contributed by atoms with Crippen LogP contribution in [0.3, 0.4) is 0 Å². The SMILES string of the molecule is CCC=Cc1cnc2ccc(=O)n(CCN3CCC(NCc4cc5c(cn4)OCCO5)CC3)c2c1. The Kier molecular flexibility index (Phi) is 7.39. The van der Waals surface area contributed by atoms with Crippen molar-refractivity contribution in [2.24, 2.45) is 0 Å². The lowest BCUT2D eigenvalue weighted by Gasteiger charge is -2.32. The molecule has 184 valence electrons. The molecule has 1 N–H and O–H groups in total. The summed E-state index contributed by atoms with van der Waals surface area (Å²) >= 11 is 0. The predicted molar refractivity (Wildman–Crippen MR) is 137 cm³/mol. The third kappa shape index (κ3) is 5.71. The van der Waals surface area contributed by atoms with Crippen molar-refractivity contribution in [1.29, 1.82) is 0 Å². The van der Waals surface area contributed by atoms with E-state index in [1.165, 1.54) is 0 Å². The van der Waals surface area contributed by atoms with E-state index in [9.17, 15) is 4.79 Å². The molecule has 0 radical (unpaired) electrons. The van der Waals surface area contributed by atoms with E-state index in [-0.39, 0.29) is 5.56 Å². The molecular weight excluding hydrogens is 442 g/mol. The van der Waals surface area contributed by atoms with Crippen LogP contribution in [0.25, 0.3) is 17.1 Å². The van der Waals surface area contributed by atoms with E-state index >= 15 is 0 Å². The minimum absolute atomic E-state index is 0.0272. The summed E-state index contributed by atoms with van der Waals surface area (Å²) < 4.78 is 13.1. The van der Waals surface area contributed by atoms with Gasteiger partial charge in [-0.25, -0.2) is 0 Å². The second kappa shape index (κ2) is 11.0. The number of pyridine rings is 3. The number of fused-ring (bicyclic) bond motifs is 2. The molecule has 2 aliphatic heterocycles. The molecule has 0 atom stereocenters. The van der Waals surface area contributed by atoms with Crippen LogP contribution in [0, 0.1) is 0 Å². The quantitative estimate of drug-likeness (QED) is 0.536. The number of aromatic nitrogens is 3. The van der Waals surface area contributed by atoms with E-state index in [4.69, 9.17) is 9.47 Å². The maximum Gasteiger partial charge on any atom is 0.251 e. The molecule has 35 heavy (non-hydrogen) atoms. The van der Waals surface area contributed by atoms with Crippen molar-refractivity contribution in [3.63, 3.8) is 0 Å². The zero-order valence-corrected chi connectivity index (χ0v) is 20.3. The fourth-order valence-electron chi connectivity index (χ4n) is 4.70. The molecular formula is C27H33N5O3. The highest BCUT2D eigenvalue weighted by Gasteiger charge is 2.20. The summed E-state index contributed by atoms with van der Waals surface area (Å²) in [5.41, 5.74) is 3.78. The van der Waals surface area contributed by atoms with Gasteiger partial charge in [-0.2, -0.15) is 0 Å². The van der Waals surface area contributed by atoms with Crippen molar-refractivity contribution in [1.82, 2.24) is 24.8 Å². The lowest BCUT2D eigenvalue weighted by atomic mass is 10.0. The van der Waals surface area contributed by atoms with Crippen molar-refractivity contribution in [2.75, 3.05) is 32.8 Å². The standard InChI is InChI=1S/C27H33N5O3/c1-2-3-4-20-15-24-23(30-17-20)5-6-27(33)32(24)12-11-31-9-7-21(8-10-31)28-18-22-16-25-26(19-29-22)35-14-13-34-25/h3-6,15-17,19,21,28H,2,7-14,18H2,1H3. The Labute approximate surface area is 205 Å². The number of ether oxygens (including phenoxy) is 2. The number of hydrogen-bond acceptors (Lipinski definition) is 7. The predicted octanol–water partition coefficient (Wildman–Crippen LogP) is 3.24. The van der Waals surface area contributed by atoms with Gasteiger partial charge in [0.2, 0.25) is 0 Å². The van der Waals surface area contributed by atoms with Crippen LogP contribution in [-0.2, 0) is 13.1 Å². The zero-order valence-electron chi connectivity index (χ0n) is 20.3. The van der Waals surface area contributed by atoms with Crippen molar-refractivity contribution in [3.8, 4) is 11.5 Å². The highest BCUT2D eigenvalue weighted by atomic mass is 16.6. The number of piperidine rings is 1. The van der Waals surface area contributed by atoms with E-state index in [0.29, 0.717) is 32.3 Å². The minimum atomic E-state index is 0.0272. The molecule has 8 nitrogen and oxygen atoms in total. The van der Waals surface area contributed by atoms with Gasteiger partial charge in [0.15, 0.2) is 11.5 Å². The molecule has 0 unspecified atom stereocenters. The van der Waals surface area contributed by atoms with Gasteiger partial charge in [-0.3, -0.25) is 14.8 Å². The van der Waals surface area contributed by atoms with Crippen molar-refractivity contribution >= 4 is 17.1 Å². The highest BCUT2D eigenvalue weighted by Crippen LogP contribution is 2.29. The van der Waals surface area contributed by atoms with E-state index in [1.807, 2.05) is 22.9 Å². The third-order valence-electron chi connectivity index (χ3n) is 6.69. The summed E-state index contributed by atoms with van der Waals surface area (Å²) in [6.07, 6.45) is 10.9. The van der Waals surface area contributed by atoms with Gasteiger partial charge in [0, 0.05) is 44.0 Å². The first-order valence-electron chi connectivity index (χ1n) is 12.6. The Morgan fingerprint density at radius 3 is 2.71 bits per heavy atom. The van der Waals surface area contributed by atoms with Crippen LogP contribution in [0.4, 0.5) is 0 Å². The lowest BCUT2D eigenvalue weighted by molar-refractivity contribution is 0.170. The van der Waals surface area contributed by atoms with Crippen LogP contribution in [0.2, 0.25) is 0 Å². The van der Waals surface area contributed by atoms with Crippen LogP contribution in [0.5, 0.6) is 11.5 Å². The lowest BCUT2D eigenvalue weighted by Crippen LogP contribution is -2.43. The second-order valence-electron chi connectivity index (χ2n) is 9.12. The van der Waals surface area contributed by atoms with Crippen LogP contribution in [-0.4, -0.2) is 58.3 Å². The molecule has 3 aromatic heterocycles. The molecule has 5 rings (SSSR count). The normalized spacial score (nSPS) is 16.8. The summed E-state index contributed by atoms with van der Waals surface area (Å²) in [6.45, 7) is 7.52. The van der Waals surface area contributed by atoms with Crippen molar-refractivity contribution in [3.05, 3.63) is 64.3 Å². The molecule has 0 aromatic carbocycles. The maximum absolute atomic E-state index is 12.7. The first kappa shape index (κ1) is 23.5. The summed E-state index contributed by atoms with van der Waals surface area (Å²) in [4.78, 5) is 24.2. The molecule has 1 fully saturated rings. The fourth-order valence-corrected chi connectivity index (χ4v) is 4.70. The van der Waals surface area contributed by atoms with Crippen molar-refractivity contribution in [2.45, 2.75) is 45.3 Å². The van der Waals surface area contributed by atoms with Gasteiger partial charge < -0.3 is 24.3 Å². The molecule has 0 bridgehead atoms. The minimum Gasteiger partial charge on any atom is -0.486 e. The molecule has 1 saturated heterocycles. The van der Waals surface area contributed by atoms with Crippen LogP contribution in [0.15, 0.2) is 47.5 Å². The van der Waals surface area contributed by atoms with Gasteiger partial charge in [-0.05, 0) is 50.0 Å². The zero-order chi connectivity index (χ0) is 24.0. The number of nitrogens with zero attached hydrogens (tertiary/aromatic N) is 4. The number of nitrogens with one attached hydrogen (secondary N) is 1. The fraction of sp³-hybridized carbons (Fsp3) is 0.444. The van der Waals surface area contributed by atoms with Gasteiger partial charge in [-0.1, -0.05) is 19.1 Å². The smallest absolute Gasteiger partial charge is 0.251 e. The van der Waals surface area contributed by atoms with Gasteiger partial charge in [0.1, 0.15) is 13.2 Å². The number of allylic oxidation sites excluding steroid dienone is 1. The number of hydrogen-bond donors (Lipinski definition) is 1. The molecule has 0 amide bonds. The van der Waals surface area contributed by atoms with Gasteiger partial charge >= 0.3 is 0 Å². The Bertz CT molecular complexity index is 1250. The van der Waals surface area contributed by atoms with Crippen molar-refractivity contribution < 1.29 is 9.47 Å². The Morgan fingerprint density at radius 1 is 1.06 bits per heavy atom. The molecule has 0 spiro atoms. The van der Waals surface area contributed by atoms with Gasteiger partial charge in [-0.15, -0.1) is 0 Å². The molecule has 0 aliphatic carbocycles. The number of rotatable bonds is 8. The van der Waals surface area contributed by atoms with Gasteiger partial charge in [0.25, 0.3) is 5.56 Å². The van der Waals surface area contributed by atoms with E-state index < -0.39 is 0 Å². The average molecular weight is 476 g/mol. The monoisotopic (exact) mass is 475 g/mol. The molecule has 2 aliphatic rings. The first-order chi connectivity index (χ1) is 17.2. The Balaban J connectivity index is 1.14. The largest absolute Gasteiger partial charge is 0.486 e. The van der Waals surface area contributed by atoms with Crippen LogP contribution < -0.4 is 20.3 Å². The summed E-state index contributed by atoms with van der Waals surface area (Å²) in [5.74, 6) is 1.51. The second-order valence-corrected chi connectivity index (χ2v) is 9.12. The van der Waals surface area contributed by atoms with Crippen LogP contribution >= 0.6 is 0 Å². The van der Waals surface area contributed by atoms with E-state index in [1.54, 1.807) is 12.3 Å². The third-order valence-corrected chi connectivity index (χ3v) is 6.69. The summed E-state index contributed by atoms with van der Waals surface area (Å²) in [6, 6.07) is 7.93. The number of likely N-dealkylation sites (tertiary alicyclic amines) is 1. The first-order valence-corrected chi connectivity index (χ1v) is 12.6. The topological polar surface area (TPSA) is 81.5 Å². The highest BCUT2D eigenvalue weighted by molar-refractivity contribution is 5.77. The van der Waals surface area contributed by atoms with Gasteiger partial charge in [0.05, 0.1) is 22.9 Å². The Morgan fingerprint density at radius 2 is 1.89 bits per heavy atom. The average Bonchev–Trinajstić information content (AvgIpc) is 2.90. The molecule has 3 aromatic rings.